The molecule has 4 N–H and O–H groups in total. The molecule has 7 rings (SSSR count). The van der Waals surface area contributed by atoms with Gasteiger partial charge in [0, 0.05) is 60.2 Å². The summed E-state index contributed by atoms with van der Waals surface area (Å²) >= 11 is 5.52. The number of benzene rings is 3. The van der Waals surface area contributed by atoms with E-state index in [0.717, 1.165) is 53.8 Å². The molecule has 71 heavy (non-hydrogen) atoms. The Bertz CT molecular complexity index is 2830. The molecule has 21 heteroatoms. The second-order valence-electron chi connectivity index (χ2n) is 17.0. The number of carbonyl (C=O) groups is 5. The monoisotopic (exact) mass is 1040 g/mol. The van der Waals surface area contributed by atoms with Gasteiger partial charge in [0.1, 0.15) is 17.7 Å². The molecule has 3 heterocycles. The van der Waals surface area contributed by atoms with Crippen molar-refractivity contribution in [2.45, 2.75) is 63.7 Å². The minimum atomic E-state index is -1.53. The topological polar surface area (TPSA) is 187 Å². The van der Waals surface area contributed by atoms with Crippen molar-refractivity contribution in [2.24, 2.45) is 0 Å². The number of ether oxygens (including phenoxy) is 2. The molecule has 2 aliphatic rings. The number of hydrogen-bond acceptors (Lipinski definition) is 15. The molecule has 5 amide bonds. The number of halogens is 1. The molecule has 3 aromatic carbocycles. The average Bonchev–Trinajstić information content (AvgIpc) is 3.99. The van der Waals surface area contributed by atoms with Crippen LogP contribution in [0.5, 0.6) is 11.5 Å². The Kier molecular flexibility index (Phi) is 17.9. The summed E-state index contributed by atoms with van der Waals surface area (Å²) in [6, 6.07) is 14.8. The van der Waals surface area contributed by atoms with Crippen LogP contribution in [0.1, 0.15) is 66.3 Å². The van der Waals surface area contributed by atoms with Crippen LogP contribution in [0, 0.1) is 13.8 Å². The van der Waals surface area contributed by atoms with Gasteiger partial charge < -0.3 is 40.1 Å². The predicted octanol–water partition coefficient (Wildman–Crippen LogP) is 7.79. The molecule has 2 fully saturated rings. The zero-order chi connectivity index (χ0) is 50.8. The highest BCUT2D eigenvalue weighted by Crippen LogP contribution is 2.43. The van der Waals surface area contributed by atoms with Crippen molar-refractivity contribution in [1.29, 1.82) is 0 Å². The number of hydrogen-bond donors (Lipinski definition) is 4. The fraction of sp³-hybridized carbons (Fsp3) is 0.340. The molecule has 374 valence electrons. The number of amides is 5. The zero-order valence-corrected chi connectivity index (χ0v) is 43.5. The van der Waals surface area contributed by atoms with Crippen molar-refractivity contribution in [1.82, 2.24) is 35.3 Å². The third-order valence-electron chi connectivity index (χ3n) is 11.2. The van der Waals surface area contributed by atoms with E-state index in [9.17, 15) is 24.0 Å². The van der Waals surface area contributed by atoms with Crippen LogP contribution < -0.4 is 30.7 Å². The van der Waals surface area contributed by atoms with Gasteiger partial charge in [-0.05, 0) is 106 Å². The Morgan fingerprint density at radius 2 is 1.55 bits per heavy atom. The van der Waals surface area contributed by atoms with E-state index >= 15 is 4.39 Å². The fourth-order valence-corrected chi connectivity index (χ4v) is 11.6. The van der Waals surface area contributed by atoms with E-state index in [1.165, 1.54) is 76.3 Å². The molecule has 0 spiro atoms. The van der Waals surface area contributed by atoms with Crippen LogP contribution in [0.2, 0.25) is 0 Å². The summed E-state index contributed by atoms with van der Waals surface area (Å²) in [6.45, 7) is 8.08. The van der Waals surface area contributed by atoms with Crippen molar-refractivity contribution in [3.05, 3.63) is 113 Å². The van der Waals surface area contributed by atoms with Crippen LogP contribution in [0.3, 0.4) is 0 Å². The van der Waals surface area contributed by atoms with Gasteiger partial charge in [-0.1, -0.05) is 64.9 Å². The largest absolute Gasteiger partial charge is 0.496 e. The van der Waals surface area contributed by atoms with Crippen LogP contribution in [0.25, 0.3) is 6.08 Å². The number of rotatable bonds is 20. The molecule has 0 radical (unpaired) electrons. The Morgan fingerprint density at radius 3 is 2.25 bits per heavy atom. The van der Waals surface area contributed by atoms with Crippen LogP contribution >= 0.6 is 46.2 Å². The summed E-state index contributed by atoms with van der Waals surface area (Å²) in [5.74, 6) is -1.13. The average molecular weight is 1040 g/mol. The van der Waals surface area contributed by atoms with Crippen molar-refractivity contribution in [3.8, 4) is 11.5 Å². The summed E-state index contributed by atoms with van der Waals surface area (Å²) in [4.78, 5) is 81.6. The van der Waals surface area contributed by atoms with Crippen molar-refractivity contribution >= 4 is 92.1 Å². The molecule has 1 atom stereocenters. The van der Waals surface area contributed by atoms with E-state index in [1.54, 1.807) is 42.6 Å². The summed E-state index contributed by atoms with van der Waals surface area (Å²) in [5.41, 5.74) is 4.32. The van der Waals surface area contributed by atoms with Crippen molar-refractivity contribution in [2.75, 3.05) is 78.2 Å². The summed E-state index contributed by atoms with van der Waals surface area (Å²) in [7, 11) is 6.90. The maximum absolute atomic E-state index is 15.8. The molecule has 0 bridgehead atoms. The van der Waals surface area contributed by atoms with E-state index in [-0.39, 0.29) is 62.6 Å². The summed E-state index contributed by atoms with van der Waals surface area (Å²) in [5, 5.41) is 12.9. The number of aromatic nitrogens is 2. The van der Waals surface area contributed by atoms with Crippen LogP contribution in [0.15, 0.2) is 91.7 Å². The van der Waals surface area contributed by atoms with Gasteiger partial charge in [-0.2, -0.15) is 0 Å². The third kappa shape index (κ3) is 14.2. The lowest BCUT2D eigenvalue weighted by atomic mass is 10.1. The van der Waals surface area contributed by atoms with Crippen LogP contribution in [-0.4, -0.2) is 134 Å². The molecule has 16 nitrogen and oxygen atoms in total. The first-order chi connectivity index (χ1) is 34.1. The maximum atomic E-state index is 15.8. The molecule has 2 aromatic heterocycles. The highest BCUT2D eigenvalue weighted by atomic mass is 32.2. The second-order valence-corrected chi connectivity index (χ2v) is 21.7. The standard InChI is InChI=1S/C50H56FN9O7S4/c1-8-42(61)52-16-17-53-46(64)35-23-41(30(3)20-38(35)66-6)69-48-37(56-50(71-48)55-34-12-13-34)14-15-43(62)59-18-19-60(28-33(51)27-59)47(65)36-24-40(29(2)21-39(36)67-7)68-44-25-54-49(70-44)57-45(63)32-11-9-10-31(22-32)26-58(4)5/h8-11,14-15,20-25,33-34H,1,12-13,16-19,26-28H2,2-7H3,(H,52,61)(H,53,64)(H,55,56)(H,54,57,63)/b15-14+. The van der Waals surface area contributed by atoms with Gasteiger partial charge in [-0.3, -0.25) is 29.3 Å². The van der Waals surface area contributed by atoms with Gasteiger partial charge in [0.2, 0.25) is 11.8 Å². The molecular weight excluding hydrogens is 986 g/mol. The number of alkyl halides is 1. The quantitative estimate of drug-likeness (QED) is 0.0438. The molecule has 1 aliphatic heterocycles. The lowest BCUT2D eigenvalue weighted by molar-refractivity contribution is -0.126. The van der Waals surface area contributed by atoms with E-state index in [4.69, 9.17) is 14.5 Å². The first-order valence-electron chi connectivity index (χ1n) is 22.7. The number of nitrogens with one attached hydrogen (secondary N) is 4. The summed E-state index contributed by atoms with van der Waals surface area (Å²) < 4.78 is 28.6. The lowest BCUT2D eigenvalue weighted by Crippen LogP contribution is -2.37. The van der Waals surface area contributed by atoms with Gasteiger partial charge in [-0.15, -0.1) is 0 Å². The zero-order valence-electron chi connectivity index (χ0n) is 40.3. The smallest absolute Gasteiger partial charge is 0.257 e. The van der Waals surface area contributed by atoms with Gasteiger partial charge >= 0.3 is 0 Å². The Labute approximate surface area is 428 Å². The first kappa shape index (κ1) is 52.6. The molecule has 1 unspecified atom stereocenters. The number of methoxy groups -OCH3 is 2. The van der Waals surface area contributed by atoms with Gasteiger partial charge in [-0.25, -0.2) is 14.4 Å². The Balaban J connectivity index is 1.01. The minimum absolute atomic E-state index is 0.0810. The molecule has 1 saturated heterocycles. The van der Waals surface area contributed by atoms with Crippen molar-refractivity contribution in [3.63, 3.8) is 0 Å². The van der Waals surface area contributed by atoms with E-state index < -0.39 is 18.0 Å². The molecular formula is C50H56FN9O7S4. The summed E-state index contributed by atoms with van der Waals surface area (Å²) in [6.07, 6.45) is 6.34. The van der Waals surface area contributed by atoms with E-state index in [0.29, 0.717) is 51.2 Å². The Hall–Kier alpha value is -6.26. The molecule has 5 aromatic rings. The third-order valence-corrected chi connectivity index (χ3v) is 15.7. The van der Waals surface area contributed by atoms with E-state index in [1.807, 2.05) is 51.0 Å². The number of aryl methyl sites for hydroxylation is 2. The highest BCUT2D eigenvalue weighted by Gasteiger charge is 2.30. The molecule has 1 saturated carbocycles. The number of carbonyl (C=O) groups excluding carboxylic acids is 5. The van der Waals surface area contributed by atoms with Crippen molar-refractivity contribution < 1.29 is 37.8 Å². The van der Waals surface area contributed by atoms with Gasteiger partial charge in [0.15, 0.2) is 10.3 Å². The van der Waals surface area contributed by atoms with Gasteiger partial charge in [0.05, 0.1) is 58.7 Å². The predicted molar refractivity (Wildman–Crippen MR) is 278 cm³/mol. The first-order valence-corrected chi connectivity index (χ1v) is 26.0. The van der Waals surface area contributed by atoms with E-state index in [2.05, 4.69) is 32.8 Å². The lowest BCUT2D eigenvalue weighted by Gasteiger charge is -2.23. The normalized spacial score (nSPS) is 14.8. The molecule has 1 aliphatic carbocycles. The van der Waals surface area contributed by atoms with Gasteiger partial charge in [0.25, 0.3) is 17.7 Å². The maximum Gasteiger partial charge on any atom is 0.257 e. The minimum Gasteiger partial charge on any atom is -0.496 e. The highest BCUT2D eigenvalue weighted by molar-refractivity contribution is 8.01. The Morgan fingerprint density at radius 1 is 0.873 bits per heavy atom. The SMILES string of the molecule is C=CC(=O)NCCNC(=O)c1cc(Sc2sc(NC3CC3)nc2/C=C/C(=O)N2CCN(C(=O)c3cc(Sc4cnc(NC(=O)c5cccc(CN(C)C)c5)s4)c(C)cc3OC)CC(F)C2)c(C)cc1OC. The number of anilines is 2. The number of nitrogens with zero attached hydrogens (tertiary/aromatic N) is 5. The second kappa shape index (κ2) is 24.2. The number of thiazole rings is 2. The fourth-order valence-electron chi connectivity index (χ4n) is 7.40. The van der Waals surface area contributed by atoms with Crippen LogP contribution in [-0.2, 0) is 16.1 Å². The van der Waals surface area contributed by atoms with Crippen LogP contribution in [0.4, 0.5) is 14.7 Å².